The minimum atomic E-state index is 0.0194. The van der Waals surface area contributed by atoms with Crippen LogP contribution in [-0.2, 0) is 17.8 Å². The van der Waals surface area contributed by atoms with Gasteiger partial charge in [-0.3, -0.25) is 9.69 Å². The van der Waals surface area contributed by atoms with Gasteiger partial charge in [0, 0.05) is 42.4 Å². The normalized spacial score (nSPS) is 23.8. The number of aliphatic hydroxyl groups is 1. The number of aromatic nitrogens is 1. The van der Waals surface area contributed by atoms with Crippen molar-refractivity contribution in [2.75, 3.05) is 39.4 Å². The number of amides is 1. The highest BCUT2D eigenvalue weighted by atomic mass is 16.5. The zero-order valence-corrected chi connectivity index (χ0v) is 20.5. The number of nitrogens with one attached hydrogen (secondary N) is 1. The molecule has 1 amide bonds. The molecule has 186 valence electrons. The van der Waals surface area contributed by atoms with E-state index in [0.29, 0.717) is 19.6 Å². The van der Waals surface area contributed by atoms with Gasteiger partial charge in [0.15, 0.2) is 0 Å². The average Bonchev–Trinajstić information content (AvgIpc) is 3.29. The van der Waals surface area contributed by atoms with Crippen LogP contribution < -0.4 is 4.74 Å². The third-order valence-electron chi connectivity index (χ3n) is 7.99. The summed E-state index contributed by atoms with van der Waals surface area (Å²) in [4.78, 5) is 21.1. The zero-order valence-electron chi connectivity index (χ0n) is 20.5. The topological polar surface area (TPSA) is 68.8 Å². The first kappa shape index (κ1) is 23.9. The van der Waals surface area contributed by atoms with Crippen LogP contribution in [0.15, 0.2) is 54.7 Å². The average molecular weight is 476 g/mol. The van der Waals surface area contributed by atoms with Crippen molar-refractivity contribution in [3.8, 4) is 5.75 Å². The molecule has 2 bridgehead atoms. The van der Waals surface area contributed by atoms with Gasteiger partial charge in [-0.05, 0) is 61.9 Å². The molecule has 0 unspecified atom stereocenters. The van der Waals surface area contributed by atoms with Crippen molar-refractivity contribution >= 4 is 16.8 Å². The second-order valence-electron chi connectivity index (χ2n) is 10.3. The summed E-state index contributed by atoms with van der Waals surface area (Å²) in [7, 11) is 0. The number of hydrogen-bond donors (Lipinski definition) is 2. The van der Waals surface area contributed by atoms with Crippen LogP contribution in [0, 0.1) is 5.41 Å². The first-order valence-corrected chi connectivity index (χ1v) is 13.0. The zero-order chi connectivity index (χ0) is 24.1. The fourth-order valence-corrected chi connectivity index (χ4v) is 5.67. The Labute approximate surface area is 207 Å². The summed E-state index contributed by atoms with van der Waals surface area (Å²) in [5.74, 6) is 1.05. The van der Waals surface area contributed by atoms with Crippen LogP contribution in [0.5, 0.6) is 5.75 Å². The number of carbonyl (C=O) groups excluding carboxylic acids is 1. The summed E-state index contributed by atoms with van der Waals surface area (Å²) >= 11 is 0. The number of fused-ring (bicyclic) bond motifs is 10. The molecule has 6 nitrogen and oxygen atoms in total. The quantitative estimate of drug-likeness (QED) is 0.590. The first-order chi connectivity index (χ1) is 17.2. The molecule has 1 fully saturated rings. The SMILES string of the molecule is O=C(Cc1c[nH]c2ccccc12)N1CCCCC2(CO)CCN(CC2)Cc2ccccc2OCC1. The lowest BCUT2D eigenvalue weighted by molar-refractivity contribution is -0.131. The molecule has 1 saturated heterocycles. The van der Waals surface area contributed by atoms with Crippen LogP contribution >= 0.6 is 0 Å². The number of aromatic amines is 1. The maximum absolute atomic E-state index is 13.4. The van der Waals surface area contributed by atoms with E-state index in [4.69, 9.17) is 4.74 Å². The van der Waals surface area contributed by atoms with E-state index in [2.05, 4.69) is 28.1 Å². The highest BCUT2D eigenvalue weighted by molar-refractivity contribution is 5.88. The summed E-state index contributed by atoms with van der Waals surface area (Å²) < 4.78 is 6.23. The van der Waals surface area contributed by atoms with Gasteiger partial charge in [0.25, 0.3) is 0 Å². The van der Waals surface area contributed by atoms with Crippen LogP contribution in [0.25, 0.3) is 10.9 Å². The van der Waals surface area contributed by atoms with Crippen LogP contribution in [0.1, 0.15) is 43.2 Å². The van der Waals surface area contributed by atoms with Gasteiger partial charge in [0.1, 0.15) is 12.4 Å². The lowest BCUT2D eigenvalue weighted by Gasteiger charge is -2.41. The Hall–Kier alpha value is -2.83. The Morgan fingerprint density at radius 2 is 1.77 bits per heavy atom. The number of carbonyl (C=O) groups is 1. The number of benzene rings is 2. The summed E-state index contributed by atoms with van der Waals surface area (Å²) in [6, 6.07) is 16.4. The highest BCUT2D eigenvalue weighted by Gasteiger charge is 2.34. The van der Waals surface area contributed by atoms with Crippen molar-refractivity contribution in [2.24, 2.45) is 5.41 Å². The number of rotatable bonds is 3. The molecule has 0 atom stereocenters. The maximum atomic E-state index is 13.4. The molecular weight excluding hydrogens is 438 g/mol. The molecule has 0 aliphatic carbocycles. The number of ether oxygens (including phenoxy) is 1. The van der Waals surface area contributed by atoms with Crippen molar-refractivity contribution in [1.29, 1.82) is 0 Å². The number of H-pyrrole nitrogens is 1. The fourth-order valence-electron chi connectivity index (χ4n) is 5.67. The minimum Gasteiger partial charge on any atom is -0.491 e. The molecule has 6 rings (SSSR count). The molecule has 3 aliphatic rings. The predicted octanol–water partition coefficient (Wildman–Crippen LogP) is 4.38. The monoisotopic (exact) mass is 475 g/mol. The van der Waals surface area contributed by atoms with Crippen molar-refractivity contribution in [3.63, 3.8) is 0 Å². The smallest absolute Gasteiger partial charge is 0.227 e. The van der Waals surface area contributed by atoms with Gasteiger partial charge in [-0.1, -0.05) is 42.8 Å². The standard InChI is InChI=1S/C29H37N3O3/c33-22-29-11-5-6-14-32(28(34)19-24-20-30-26-9-3-2-8-25(24)26)17-18-35-27-10-4-1-7-23(27)21-31(15-12-29)16-13-29/h1-4,7-10,20,30,33H,5-6,11-19,21-22H2. The van der Waals surface area contributed by atoms with E-state index in [1.807, 2.05) is 41.4 Å². The first-order valence-electron chi connectivity index (χ1n) is 13.0. The van der Waals surface area contributed by atoms with Crippen LogP contribution in [0.4, 0.5) is 0 Å². The second-order valence-corrected chi connectivity index (χ2v) is 10.3. The molecule has 6 heteroatoms. The molecule has 0 saturated carbocycles. The van der Waals surface area contributed by atoms with Gasteiger partial charge in [0.2, 0.25) is 5.91 Å². The Morgan fingerprint density at radius 1 is 0.971 bits per heavy atom. The summed E-state index contributed by atoms with van der Waals surface area (Å²) in [6.07, 6.45) is 7.39. The van der Waals surface area contributed by atoms with Gasteiger partial charge in [-0.15, -0.1) is 0 Å². The van der Waals surface area contributed by atoms with E-state index in [9.17, 15) is 9.90 Å². The van der Waals surface area contributed by atoms with Gasteiger partial charge in [-0.25, -0.2) is 0 Å². The van der Waals surface area contributed by atoms with Crippen molar-refractivity contribution in [2.45, 2.75) is 45.1 Å². The number of hydrogen-bond acceptors (Lipinski definition) is 4. The van der Waals surface area contributed by atoms with Gasteiger partial charge in [0.05, 0.1) is 13.0 Å². The van der Waals surface area contributed by atoms with Gasteiger partial charge in [-0.2, -0.15) is 0 Å². The van der Waals surface area contributed by atoms with E-state index in [-0.39, 0.29) is 17.9 Å². The molecule has 2 aromatic carbocycles. The summed E-state index contributed by atoms with van der Waals surface area (Å²) in [5.41, 5.74) is 3.31. The number of piperidine rings is 1. The summed E-state index contributed by atoms with van der Waals surface area (Å²) in [6.45, 7) is 4.90. The van der Waals surface area contributed by atoms with Gasteiger partial charge >= 0.3 is 0 Å². The third-order valence-corrected chi connectivity index (χ3v) is 7.99. The van der Waals surface area contributed by atoms with E-state index in [1.54, 1.807) is 0 Å². The lowest BCUT2D eigenvalue weighted by Crippen LogP contribution is -2.41. The fraction of sp³-hybridized carbons (Fsp3) is 0.483. The van der Waals surface area contributed by atoms with Crippen LogP contribution in [-0.4, -0.2) is 65.2 Å². The van der Waals surface area contributed by atoms with Crippen LogP contribution in [0.3, 0.4) is 0 Å². The molecule has 3 aromatic rings. The van der Waals surface area contributed by atoms with Crippen molar-refractivity contribution < 1.29 is 14.6 Å². The number of para-hydroxylation sites is 2. The Bertz CT molecular complexity index is 1130. The molecule has 0 radical (unpaired) electrons. The predicted molar refractivity (Wildman–Crippen MR) is 138 cm³/mol. The molecule has 4 heterocycles. The van der Waals surface area contributed by atoms with E-state index in [0.717, 1.165) is 80.5 Å². The largest absolute Gasteiger partial charge is 0.491 e. The molecule has 0 spiro atoms. The molecule has 1 aromatic heterocycles. The molecule has 3 aliphatic heterocycles. The Balaban J connectivity index is 1.32. The summed E-state index contributed by atoms with van der Waals surface area (Å²) in [5, 5.41) is 11.3. The maximum Gasteiger partial charge on any atom is 0.227 e. The third kappa shape index (κ3) is 5.54. The lowest BCUT2D eigenvalue weighted by atomic mass is 9.75. The second kappa shape index (κ2) is 10.8. The number of nitrogens with zero attached hydrogens (tertiary/aromatic N) is 2. The molecule has 2 N–H and O–H groups in total. The number of aliphatic hydroxyl groups excluding tert-OH is 1. The van der Waals surface area contributed by atoms with Crippen LogP contribution in [0.2, 0.25) is 0 Å². The Morgan fingerprint density at radius 3 is 2.63 bits per heavy atom. The van der Waals surface area contributed by atoms with E-state index >= 15 is 0 Å². The minimum absolute atomic E-state index is 0.0194. The highest BCUT2D eigenvalue weighted by Crippen LogP contribution is 2.37. The van der Waals surface area contributed by atoms with E-state index < -0.39 is 0 Å². The molecule has 35 heavy (non-hydrogen) atoms. The van der Waals surface area contributed by atoms with Gasteiger partial charge < -0.3 is 19.7 Å². The molecular formula is C29H37N3O3. The van der Waals surface area contributed by atoms with E-state index in [1.165, 1.54) is 5.56 Å². The van der Waals surface area contributed by atoms with Crippen molar-refractivity contribution in [3.05, 3.63) is 65.9 Å². The Kier molecular flexibility index (Phi) is 7.40. The van der Waals surface area contributed by atoms with Crippen molar-refractivity contribution in [1.82, 2.24) is 14.8 Å².